The molecule has 0 N–H and O–H groups in total. The number of hydrogen-bond donors (Lipinski definition) is 0. The number of carbonyl (C=O) groups is 1. The topological polar surface area (TPSA) is 43.6 Å². The molecule has 0 amide bonds. The Morgan fingerprint density at radius 3 is 3.10 bits per heavy atom. The van der Waals surface area contributed by atoms with E-state index in [0.717, 1.165) is 39.3 Å². The molecular weight excluding hydrogens is 284 g/mol. The summed E-state index contributed by atoms with van der Waals surface area (Å²) in [4.78, 5) is 16.1. The predicted octanol–water partition coefficient (Wildman–Crippen LogP) is 3.80. The number of allylic oxidation sites excluding steroid dienone is 1. The number of thiazole rings is 1. The van der Waals surface area contributed by atoms with Crippen LogP contribution >= 0.6 is 11.3 Å². The van der Waals surface area contributed by atoms with Crippen LogP contribution < -0.4 is 4.74 Å². The number of aldehydes is 1. The second kappa shape index (κ2) is 5.69. The molecule has 0 saturated heterocycles. The zero-order valence-corrected chi connectivity index (χ0v) is 12.8. The first-order chi connectivity index (χ1) is 10.2. The molecule has 0 aliphatic carbocycles. The van der Waals surface area contributed by atoms with Crippen LogP contribution in [0, 0.1) is 5.92 Å². The lowest BCUT2D eigenvalue weighted by Gasteiger charge is -1.98. The fraction of sp³-hybridized carbons (Fsp3) is 0.250. The van der Waals surface area contributed by atoms with Crippen molar-refractivity contribution < 1.29 is 9.53 Å². The fourth-order valence-electron chi connectivity index (χ4n) is 2.17. The highest BCUT2D eigenvalue weighted by Gasteiger charge is 2.08. The van der Waals surface area contributed by atoms with Crippen LogP contribution in [0.5, 0.6) is 5.75 Å². The van der Waals surface area contributed by atoms with E-state index >= 15 is 0 Å². The molecule has 0 fully saturated rings. The zero-order valence-electron chi connectivity index (χ0n) is 11.9. The van der Waals surface area contributed by atoms with Gasteiger partial charge < -0.3 is 9.53 Å². The number of carbonyl (C=O) groups excluding carboxylic acids is 1. The smallest absolute Gasteiger partial charge is 0.195 e. The summed E-state index contributed by atoms with van der Waals surface area (Å²) in [5.74, 6) is 0.910. The Labute approximate surface area is 126 Å². The average Bonchev–Trinajstić information content (AvgIpc) is 3.03. The van der Waals surface area contributed by atoms with Crippen molar-refractivity contribution in [3.63, 3.8) is 0 Å². The SMILES string of the molecule is COc1ccc2c(c1)sc1nc(C=CCC(C)C=O)cn12. The van der Waals surface area contributed by atoms with Gasteiger partial charge in [0.05, 0.1) is 23.0 Å². The summed E-state index contributed by atoms with van der Waals surface area (Å²) >= 11 is 1.64. The average molecular weight is 300 g/mol. The van der Waals surface area contributed by atoms with Crippen LogP contribution in [0.4, 0.5) is 0 Å². The zero-order chi connectivity index (χ0) is 14.8. The minimum absolute atomic E-state index is 0.0540. The normalized spacial score (nSPS) is 13.2. The summed E-state index contributed by atoms with van der Waals surface area (Å²) in [5, 5.41) is 0. The number of nitrogens with zero attached hydrogens (tertiary/aromatic N) is 2. The predicted molar refractivity (Wildman–Crippen MR) is 86.0 cm³/mol. The number of hydrogen-bond acceptors (Lipinski definition) is 4. The van der Waals surface area contributed by atoms with Gasteiger partial charge in [0.15, 0.2) is 4.96 Å². The van der Waals surface area contributed by atoms with Gasteiger partial charge in [0.1, 0.15) is 12.0 Å². The molecule has 2 heterocycles. The Morgan fingerprint density at radius 2 is 2.33 bits per heavy atom. The monoisotopic (exact) mass is 300 g/mol. The first-order valence-corrected chi connectivity index (χ1v) is 7.60. The van der Waals surface area contributed by atoms with Crippen LogP contribution in [0.3, 0.4) is 0 Å². The van der Waals surface area contributed by atoms with Crippen molar-refractivity contribution in [2.75, 3.05) is 7.11 Å². The number of imidazole rings is 1. The molecular formula is C16H16N2O2S. The van der Waals surface area contributed by atoms with E-state index in [1.54, 1.807) is 18.4 Å². The standard InChI is InChI=1S/C16H16N2O2S/c1-11(10-19)4-3-5-12-9-18-14-7-6-13(20-2)8-15(14)21-16(18)17-12/h3,5-11H,4H2,1-2H3. The van der Waals surface area contributed by atoms with Crippen LogP contribution in [0.2, 0.25) is 0 Å². The Hall–Kier alpha value is -2.14. The Kier molecular flexibility index (Phi) is 3.75. The van der Waals surface area contributed by atoms with Crippen molar-refractivity contribution in [1.82, 2.24) is 9.38 Å². The van der Waals surface area contributed by atoms with E-state index < -0.39 is 0 Å². The number of fused-ring (bicyclic) bond motifs is 3. The van der Waals surface area contributed by atoms with Crippen LogP contribution in [0.25, 0.3) is 21.3 Å². The second-order valence-corrected chi connectivity index (χ2v) is 6.01. The van der Waals surface area contributed by atoms with Crippen molar-refractivity contribution >= 4 is 38.9 Å². The molecule has 1 atom stereocenters. The minimum Gasteiger partial charge on any atom is -0.497 e. The van der Waals surface area contributed by atoms with Crippen molar-refractivity contribution in [3.05, 3.63) is 36.2 Å². The third-order valence-corrected chi connectivity index (χ3v) is 4.37. The van der Waals surface area contributed by atoms with Gasteiger partial charge in [-0.3, -0.25) is 4.40 Å². The van der Waals surface area contributed by atoms with Gasteiger partial charge in [0, 0.05) is 12.1 Å². The van der Waals surface area contributed by atoms with Gasteiger partial charge in [-0.25, -0.2) is 4.98 Å². The van der Waals surface area contributed by atoms with Crippen molar-refractivity contribution in [2.45, 2.75) is 13.3 Å². The molecule has 1 aromatic carbocycles. The third kappa shape index (κ3) is 2.69. The number of benzene rings is 1. The van der Waals surface area contributed by atoms with Gasteiger partial charge in [-0.1, -0.05) is 24.3 Å². The van der Waals surface area contributed by atoms with E-state index in [-0.39, 0.29) is 5.92 Å². The van der Waals surface area contributed by atoms with E-state index in [9.17, 15) is 4.79 Å². The maximum atomic E-state index is 10.6. The van der Waals surface area contributed by atoms with Crippen LogP contribution in [-0.4, -0.2) is 22.8 Å². The summed E-state index contributed by atoms with van der Waals surface area (Å²) in [6.07, 6.45) is 7.69. The highest BCUT2D eigenvalue weighted by Crippen LogP contribution is 2.29. The number of rotatable bonds is 5. The fourth-order valence-corrected chi connectivity index (χ4v) is 3.21. The maximum Gasteiger partial charge on any atom is 0.195 e. The molecule has 4 nitrogen and oxygen atoms in total. The molecule has 0 aliphatic heterocycles. The lowest BCUT2D eigenvalue weighted by Crippen LogP contribution is -1.91. The van der Waals surface area contributed by atoms with E-state index in [1.165, 1.54) is 0 Å². The maximum absolute atomic E-state index is 10.6. The Bertz CT molecular complexity index is 816. The first kappa shape index (κ1) is 13.8. The Balaban J connectivity index is 1.92. The molecule has 0 spiro atoms. The molecule has 0 saturated carbocycles. The molecule has 21 heavy (non-hydrogen) atoms. The van der Waals surface area contributed by atoms with Crippen LogP contribution in [0.1, 0.15) is 19.0 Å². The van der Waals surface area contributed by atoms with E-state index in [1.807, 2.05) is 43.5 Å². The summed E-state index contributed by atoms with van der Waals surface area (Å²) < 4.78 is 8.48. The lowest BCUT2D eigenvalue weighted by molar-refractivity contribution is -0.110. The quantitative estimate of drug-likeness (QED) is 0.673. The van der Waals surface area contributed by atoms with E-state index in [2.05, 4.69) is 9.38 Å². The van der Waals surface area contributed by atoms with Crippen LogP contribution in [0.15, 0.2) is 30.5 Å². The Morgan fingerprint density at radius 1 is 1.48 bits per heavy atom. The molecule has 0 radical (unpaired) electrons. The molecule has 5 heteroatoms. The third-order valence-electron chi connectivity index (χ3n) is 3.35. The van der Waals surface area contributed by atoms with Gasteiger partial charge in [0.25, 0.3) is 0 Å². The number of aromatic nitrogens is 2. The lowest BCUT2D eigenvalue weighted by atomic mass is 10.1. The largest absolute Gasteiger partial charge is 0.497 e. The van der Waals surface area contributed by atoms with Gasteiger partial charge in [-0.05, 0) is 30.7 Å². The molecule has 0 aliphatic rings. The first-order valence-electron chi connectivity index (χ1n) is 6.78. The van der Waals surface area contributed by atoms with Crippen LogP contribution in [-0.2, 0) is 4.79 Å². The highest BCUT2D eigenvalue weighted by atomic mass is 32.1. The summed E-state index contributed by atoms with van der Waals surface area (Å²) in [7, 11) is 1.67. The minimum atomic E-state index is 0.0540. The summed E-state index contributed by atoms with van der Waals surface area (Å²) in [6.45, 7) is 1.91. The highest BCUT2D eigenvalue weighted by molar-refractivity contribution is 7.23. The van der Waals surface area contributed by atoms with Gasteiger partial charge in [-0.15, -0.1) is 0 Å². The molecule has 2 aromatic heterocycles. The molecule has 0 bridgehead atoms. The van der Waals surface area contributed by atoms with Crippen molar-refractivity contribution in [1.29, 1.82) is 0 Å². The number of methoxy groups -OCH3 is 1. The molecule has 108 valence electrons. The van der Waals surface area contributed by atoms with Gasteiger partial charge >= 0.3 is 0 Å². The number of ether oxygens (including phenoxy) is 1. The second-order valence-electron chi connectivity index (χ2n) is 5.01. The summed E-state index contributed by atoms with van der Waals surface area (Å²) in [6, 6.07) is 6.02. The molecule has 3 aromatic rings. The molecule has 1 unspecified atom stereocenters. The van der Waals surface area contributed by atoms with E-state index in [4.69, 9.17) is 4.74 Å². The molecule has 3 rings (SSSR count). The summed E-state index contributed by atoms with van der Waals surface area (Å²) in [5.41, 5.74) is 2.04. The van der Waals surface area contributed by atoms with Gasteiger partial charge in [0.2, 0.25) is 0 Å². The van der Waals surface area contributed by atoms with Crippen molar-refractivity contribution in [3.8, 4) is 5.75 Å². The van der Waals surface area contributed by atoms with Gasteiger partial charge in [-0.2, -0.15) is 0 Å². The van der Waals surface area contributed by atoms with Crippen molar-refractivity contribution in [2.24, 2.45) is 5.92 Å². The van der Waals surface area contributed by atoms with E-state index in [0.29, 0.717) is 0 Å².